The van der Waals surface area contributed by atoms with Crippen molar-refractivity contribution >= 4 is 16.8 Å². The van der Waals surface area contributed by atoms with Crippen LogP contribution in [0.4, 0.5) is 4.39 Å². The third kappa shape index (κ3) is 3.31. The van der Waals surface area contributed by atoms with Crippen LogP contribution >= 0.6 is 0 Å². The SMILES string of the molecule is CN(CCOc1ccc(F)cc1)C(=O)c1n[nH]c2ccccc12. The second kappa shape index (κ2) is 6.48. The number of aromatic amines is 1. The van der Waals surface area contributed by atoms with Gasteiger partial charge in [0.15, 0.2) is 5.69 Å². The summed E-state index contributed by atoms with van der Waals surface area (Å²) in [6.07, 6.45) is 0. The number of likely N-dealkylation sites (N-methyl/N-ethyl adjacent to an activating group) is 1. The van der Waals surface area contributed by atoms with Gasteiger partial charge in [0.1, 0.15) is 18.2 Å². The largest absolute Gasteiger partial charge is 0.492 e. The minimum Gasteiger partial charge on any atom is -0.492 e. The molecule has 0 spiro atoms. The average molecular weight is 313 g/mol. The Morgan fingerprint density at radius 2 is 1.96 bits per heavy atom. The van der Waals surface area contributed by atoms with E-state index in [2.05, 4.69) is 10.2 Å². The summed E-state index contributed by atoms with van der Waals surface area (Å²) in [5, 5.41) is 7.74. The molecular formula is C17H16FN3O2. The van der Waals surface area contributed by atoms with Crippen molar-refractivity contribution in [2.75, 3.05) is 20.2 Å². The van der Waals surface area contributed by atoms with Crippen molar-refractivity contribution in [3.05, 3.63) is 60.0 Å². The monoisotopic (exact) mass is 313 g/mol. The van der Waals surface area contributed by atoms with Crippen LogP contribution in [-0.2, 0) is 0 Å². The molecule has 1 amide bonds. The van der Waals surface area contributed by atoms with Gasteiger partial charge in [-0.15, -0.1) is 0 Å². The highest BCUT2D eigenvalue weighted by Crippen LogP contribution is 2.16. The van der Waals surface area contributed by atoms with Gasteiger partial charge in [-0.1, -0.05) is 18.2 Å². The average Bonchev–Trinajstić information content (AvgIpc) is 3.00. The minimum atomic E-state index is -0.310. The summed E-state index contributed by atoms with van der Waals surface area (Å²) in [4.78, 5) is 14.0. The number of amides is 1. The number of nitrogens with zero attached hydrogens (tertiary/aromatic N) is 2. The Labute approximate surface area is 132 Å². The van der Waals surface area contributed by atoms with E-state index in [0.717, 1.165) is 10.9 Å². The molecule has 118 valence electrons. The number of para-hydroxylation sites is 1. The van der Waals surface area contributed by atoms with E-state index in [4.69, 9.17) is 4.74 Å². The van der Waals surface area contributed by atoms with Crippen LogP contribution in [0, 0.1) is 5.82 Å². The predicted octanol–water partition coefficient (Wildman–Crippen LogP) is 2.85. The van der Waals surface area contributed by atoms with Crippen molar-refractivity contribution in [1.29, 1.82) is 0 Å². The second-order valence-corrected chi connectivity index (χ2v) is 5.15. The lowest BCUT2D eigenvalue weighted by Gasteiger charge is -2.16. The first kappa shape index (κ1) is 15.0. The van der Waals surface area contributed by atoms with Gasteiger partial charge in [0.25, 0.3) is 5.91 Å². The molecule has 0 aliphatic heterocycles. The predicted molar refractivity (Wildman–Crippen MR) is 84.9 cm³/mol. The van der Waals surface area contributed by atoms with Crippen molar-refractivity contribution in [3.8, 4) is 5.75 Å². The topological polar surface area (TPSA) is 58.2 Å². The molecule has 23 heavy (non-hydrogen) atoms. The molecule has 0 saturated heterocycles. The summed E-state index contributed by atoms with van der Waals surface area (Å²) in [5.41, 5.74) is 1.22. The lowest BCUT2D eigenvalue weighted by Crippen LogP contribution is -2.31. The summed E-state index contributed by atoms with van der Waals surface area (Å²) < 4.78 is 18.3. The van der Waals surface area contributed by atoms with Crippen LogP contribution in [0.1, 0.15) is 10.5 Å². The van der Waals surface area contributed by atoms with E-state index in [0.29, 0.717) is 24.6 Å². The number of carbonyl (C=O) groups is 1. The molecule has 5 nitrogen and oxygen atoms in total. The van der Waals surface area contributed by atoms with E-state index in [1.165, 1.54) is 12.1 Å². The van der Waals surface area contributed by atoms with Crippen LogP contribution in [0.2, 0.25) is 0 Å². The number of halogens is 1. The Morgan fingerprint density at radius 3 is 2.74 bits per heavy atom. The molecule has 0 aliphatic carbocycles. The standard InChI is InChI=1S/C17H16FN3O2/c1-21(10-11-23-13-8-6-12(18)7-9-13)17(22)16-14-4-2-3-5-15(14)19-20-16/h2-9H,10-11H2,1H3,(H,19,20). The van der Waals surface area contributed by atoms with Gasteiger partial charge in [-0.05, 0) is 30.3 Å². The van der Waals surface area contributed by atoms with Crippen LogP contribution in [0.15, 0.2) is 48.5 Å². The van der Waals surface area contributed by atoms with Gasteiger partial charge in [-0.3, -0.25) is 9.89 Å². The normalized spacial score (nSPS) is 10.7. The first-order chi connectivity index (χ1) is 11.1. The van der Waals surface area contributed by atoms with Crippen molar-refractivity contribution in [2.45, 2.75) is 0 Å². The number of fused-ring (bicyclic) bond motifs is 1. The Bertz CT molecular complexity index is 814. The van der Waals surface area contributed by atoms with Crippen molar-refractivity contribution in [3.63, 3.8) is 0 Å². The van der Waals surface area contributed by atoms with Gasteiger partial charge >= 0.3 is 0 Å². The van der Waals surface area contributed by atoms with E-state index < -0.39 is 0 Å². The van der Waals surface area contributed by atoms with E-state index in [1.54, 1.807) is 24.1 Å². The van der Waals surface area contributed by atoms with E-state index >= 15 is 0 Å². The zero-order valence-corrected chi connectivity index (χ0v) is 12.6. The van der Waals surface area contributed by atoms with Crippen molar-refractivity contribution in [2.24, 2.45) is 0 Å². The number of rotatable bonds is 5. The van der Waals surface area contributed by atoms with Gasteiger partial charge in [-0.25, -0.2) is 4.39 Å². The van der Waals surface area contributed by atoms with Gasteiger partial charge in [0.05, 0.1) is 12.1 Å². The molecule has 0 fully saturated rings. The zero-order chi connectivity index (χ0) is 16.2. The van der Waals surface area contributed by atoms with Crippen molar-refractivity contribution in [1.82, 2.24) is 15.1 Å². The lowest BCUT2D eigenvalue weighted by molar-refractivity contribution is 0.0770. The maximum atomic E-state index is 12.8. The fraction of sp³-hybridized carbons (Fsp3) is 0.176. The first-order valence-corrected chi connectivity index (χ1v) is 7.22. The molecule has 0 bridgehead atoms. The molecule has 0 atom stereocenters. The number of benzene rings is 2. The number of hydrogen-bond donors (Lipinski definition) is 1. The first-order valence-electron chi connectivity index (χ1n) is 7.22. The number of carbonyl (C=O) groups excluding carboxylic acids is 1. The smallest absolute Gasteiger partial charge is 0.274 e. The quantitative estimate of drug-likeness (QED) is 0.788. The molecule has 0 aliphatic rings. The fourth-order valence-corrected chi connectivity index (χ4v) is 2.24. The maximum Gasteiger partial charge on any atom is 0.274 e. The van der Waals surface area contributed by atoms with Gasteiger partial charge in [0.2, 0.25) is 0 Å². The van der Waals surface area contributed by atoms with E-state index in [1.807, 2.05) is 24.3 Å². The summed E-state index contributed by atoms with van der Waals surface area (Å²) in [7, 11) is 1.69. The molecule has 6 heteroatoms. The minimum absolute atomic E-state index is 0.176. The van der Waals surface area contributed by atoms with Crippen LogP contribution in [0.3, 0.4) is 0 Å². The third-order valence-corrected chi connectivity index (χ3v) is 3.53. The Kier molecular flexibility index (Phi) is 4.23. The van der Waals surface area contributed by atoms with Gasteiger partial charge in [0, 0.05) is 12.4 Å². The highest BCUT2D eigenvalue weighted by molar-refractivity contribution is 6.04. The number of hydrogen-bond acceptors (Lipinski definition) is 3. The molecule has 3 rings (SSSR count). The highest BCUT2D eigenvalue weighted by Gasteiger charge is 2.17. The molecule has 3 aromatic rings. The molecule has 0 unspecified atom stereocenters. The second-order valence-electron chi connectivity index (χ2n) is 5.15. The molecule has 0 saturated carbocycles. The summed E-state index contributed by atoms with van der Waals surface area (Å²) >= 11 is 0. The van der Waals surface area contributed by atoms with Crippen molar-refractivity contribution < 1.29 is 13.9 Å². The zero-order valence-electron chi connectivity index (χ0n) is 12.6. The number of aromatic nitrogens is 2. The number of H-pyrrole nitrogens is 1. The van der Waals surface area contributed by atoms with Crippen LogP contribution < -0.4 is 4.74 Å². The molecule has 1 N–H and O–H groups in total. The summed E-state index contributed by atoms with van der Waals surface area (Å²) in [6.45, 7) is 0.716. The molecule has 1 heterocycles. The van der Waals surface area contributed by atoms with Crippen LogP contribution in [0.5, 0.6) is 5.75 Å². The number of ether oxygens (including phenoxy) is 1. The summed E-state index contributed by atoms with van der Waals surface area (Å²) in [5.74, 6) is 0.0812. The molecule has 1 aromatic heterocycles. The third-order valence-electron chi connectivity index (χ3n) is 3.53. The van der Waals surface area contributed by atoms with Crippen LogP contribution in [0.25, 0.3) is 10.9 Å². The molecule has 0 radical (unpaired) electrons. The maximum absolute atomic E-state index is 12.8. The van der Waals surface area contributed by atoms with E-state index in [9.17, 15) is 9.18 Å². The molecule has 2 aromatic carbocycles. The van der Waals surface area contributed by atoms with Crippen LogP contribution in [-0.4, -0.2) is 41.2 Å². The Balaban J connectivity index is 1.60. The fourth-order valence-electron chi connectivity index (χ4n) is 2.24. The van der Waals surface area contributed by atoms with Gasteiger partial charge in [-0.2, -0.15) is 5.10 Å². The summed E-state index contributed by atoms with van der Waals surface area (Å²) in [6, 6.07) is 13.3. The lowest BCUT2D eigenvalue weighted by atomic mass is 10.2. The Hall–Kier alpha value is -2.89. The van der Waals surface area contributed by atoms with Gasteiger partial charge < -0.3 is 9.64 Å². The highest BCUT2D eigenvalue weighted by atomic mass is 19.1. The Morgan fingerprint density at radius 1 is 1.22 bits per heavy atom. The van der Waals surface area contributed by atoms with E-state index in [-0.39, 0.29) is 11.7 Å². The number of nitrogens with one attached hydrogen (secondary N) is 1. The molecular weight excluding hydrogens is 297 g/mol.